The summed E-state index contributed by atoms with van der Waals surface area (Å²) in [5, 5.41) is 0.0834. The van der Waals surface area contributed by atoms with E-state index in [1.807, 2.05) is 0 Å². The van der Waals surface area contributed by atoms with Crippen molar-refractivity contribution in [1.82, 2.24) is 0 Å². The monoisotopic (exact) mass is 756 g/mol. The number of esters is 1. The Hall–Kier alpha value is -3.95. The van der Waals surface area contributed by atoms with Crippen LogP contribution in [0, 0.1) is 20.8 Å². The van der Waals surface area contributed by atoms with Crippen LogP contribution in [0.1, 0.15) is 32.6 Å². The Morgan fingerprint density at radius 1 is 0.660 bits per heavy atom. The van der Waals surface area contributed by atoms with E-state index in [1.165, 1.54) is 68.4 Å². The van der Waals surface area contributed by atoms with Crippen LogP contribution in [0.15, 0.2) is 66.7 Å². The van der Waals surface area contributed by atoms with Crippen LogP contribution in [0.25, 0.3) is 0 Å². The zero-order valence-electron chi connectivity index (χ0n) is 25.5. The van der Waals surface area contributed by atoms with Crippen molar-refractivity contribution in [2.75, 3.05) is 0 Å². The Morgan fingerprint density at radius 2 is 1.08 bits per heavy atom. The maximum Gasteiger partial charge on any atom is 0.410 e. The fraction of sp³-hybridized carbons (Fsp3) is 0.355. The van der Waals surface area contributed by atoms with E-state index in [0.717, 1.165) is 6.92 Å². The van der Waals surface area contributed by atoms with Crippen LogP contribution in [0.2, 0.25) is 0 Å². The van der Waals surface area contributed by atoms with Crippen LogP contribution < -0.4 is 10.6 Å². The Morgan fingerprint density at radius 3 is 1.50 bits per heavy atom. The van der Waals surface area contributed by atoms with Gasteiger partial charge in [-0.05, 0) is 43.0 Å². The predicted molar refractivity (Wildman–Crippen MR) is 150 cm³/mol. The van der Waals surface area contributed by atoms with Gasteiger partial charge in [-0.25, -0.2) is 13.6 Å². The minimum absolute atomic E-state index is 0.0283. The molecular weight excluding hydrogens is 733 g/mol. The second kappa shape index (κ2) is 13.3. The average molecular weight is 756 g/mol. The lowest BCUT2D eigenvalue weighted by Crippen LogP contribution is -2.72. The zero-order chi connectivity index (χ0) is 38.5. The van der Waals surface area contributed by atoms with Crippen LogP contribution in [0.3, 0.4) is 0 Å². The molecule has 0 saturated heterocycles. The molecule has 4 nitrogen and oxygen atoms in total. The van der Waals surface area contributed by atoms with E-state index >= 15 is 0 Å². The Balaban J connectivity index is 2.04. The molecule has 0 unspecified atom stereocenters. The SMILES string of the molecule is Cc1cc(C)c(C(=O)P(=O)(c2ccccc2)c2ccccc2)c(C)c1COC(=O)C(F)(F)C(F)(F)C(F)(F)C(F)(F)C(F)(F)C(F)(F)C(F)F. The molecule has 0 saturated carbocycles. The van der Waals surface area contributed by atoms with Crippen molar-refractivity contribution in [1.29, 1.82) is 0 Å². The molecule has 3 aromatic rings. The molecule has 19 heteroatoms. The third-order valence-corrected chi connectivity index (χ3v) is 10.6. The number of aryl methyl sites for hydroxylation is 2. The predicted octanol–water partition coefficient (Wildman–Crippen LogP) is 8.89. The summed E-state index contributed by atoms with van der Waals surface area (Å²) in [5.41, 5.74) is -2.00. The summed E-state index contributed by atoms with van der Waals surface area (Å²) in [6, 6.07) is 15.7. The van der Waals surface area contributed by atoms with Crippen LogP contribution >= 0.6 is 7.14 Å². The lowest BCUT2D eigenvalue weighted by atomic mass is 9.91. The van der Waals surface area contributed by atoms with Crippen molar-refractivity contribution in [2.45, 2.75) is 69.3 Å². The second-order valence-corrected chi connectivity index (χ2v) is 13.6. The Kier molecular flexibility index (Phi) is 10.8. The standard InChI is InChI=1S/C31H23F14O4P/c1-16-14-17(2)22(23(46)50(48,19-10-6-4-7-11-19)20-12-8-5-9-13-20)18(3)21(16)15-49-25(47)27(36,37)29(40,41)31(44,45)30(42,43)28(38,39)26(34,35)24(32)33/h4-14,24H,15H2,1-3H3. The van der Waals surface area contributed by atoms with Crippen molar-refractivity contribution in [3.05, 3.63) is 94.5 Å². The van der Waals surface area contributed by atoms with E-state index < -0.39 is 72.8 Å². The summed E-state index contributed by atoms with van der Waals surface area (Å²) in [4.78, 5) is 26.1. The first-order valence-electron chi connectivity index (χ1n) is 13.7. The van der Waals surface area contributed by atoms with E-state index in [-0.39, 0.29) is 32.9 Å². The number of alkyl halides is 14. The Labute approximate surface area is 273 Å². The summed E-state index contributed by atoms with van der Waals surface area (Å²) in [5.74, 6) is -51.0. The molecule has 0 aromatic heterocycles. The second-order valence-electron chi connectivity index (χ2n) is 10.9. The highest BCUT2D eigenvalue weighted by Crippen LogP contribution is 2.61. The molecule has 0 atom stereocenters. The van der Waals surface area contributed by atoms with Gasteiger partial charge < -0.3 is 9.30 Å². The number of ether oxygens (including phenoxy) is 1. The summed E-state index contributed by atoms with van der Waals surface area (Å²) < 4.78 is 210. The van der Waals surface area contributed by atoms with Gasteiger partial charge in [-0.15, -0.1) is 0 Å². The molecule has 0 heterocycles. The molecule has 274 valence electrons. The van der Waals surface area contributed by atoms with Gasteiger partial charge in [0.05, 0.1) is 0 Å². The van der Waals surface area contributed by atoms with Crippen LogP contribution in [-0.4, -0.2) is 53.5 Å². The highest BCUT2D eigenvalue weighted by Gasteiger charge is 2.92. The maximum absolute atomic E-state index is 14.6. The number of halogens is 14. The van der Waals surface area contributed by atoms with Gasteiger partial charge in [-0.2, -0.15) is 52.7 Å². The average Bonchev–Trinajstić information content (AvgIpc) is 3.04. The number of hydrogen-bond donors (Lipinski definition) is 0. The van der Waals surface area contributed by atoms with Gasteiger partial charge in [0.25, 0.3) is 0 Å². The topological polar surface area (TPSA) is 60.4 Å². The highest BCUT2D eigenvalue weighted by atomic mass is 31.2. The van der Waals surface area contributed by atoms with Gasteiger partial charge in [-0.3, -0.25) is 4.79 Å². The van der Waals surface area contributed by atoms with E-state index in [4.69, 9.17) is 0 Å². The lowest BCUT2D eigenvalue weighted by Gasteiger charge is -2.40. The number of rotatable bonds is 13. The van der Waals surface area contributed by atoms with Crippen molar-refractivity contribution < 1.29 is 80.4 Å². The molecule has 0 aliphatic heterocycles. The first-order valence-corrected chi connectivity index (χ1v) is 15.5. The molecule has 0 aliphatic rings. The summed E-state index contributed by atoms with van der Waals surface area (Å²) in [6.07, 6.45) is -5.86. The molecule has 0 fully saturated rings. The molecule has 0 spiro atoms. The number of hydrogen-bond acceptors (Lipinski definition) is 4. The van der Waals surface area contributed by atoms with Gasteiger partial charge >= 0.3 is 47.9 Å². The summed E-state index contributed by atoms with van der Waals surface area (Å²) in [6.45, 7) is 2.08. The molecule has 0 aliphatic carbocycles. The molecule has 0 N–H and O–H groups in total. The molecule has 0 radical (unpaired) electrons. The van der Waals surface area contributed by atoms with Gasteiger partial charge in [0.1, 0.15) is 6.61 Å². The molecule has 0 amide bonds. The van der Waals surface area contributed by atoms with Gasteiger partial charge in [0.2, 0.25) is 12.7 Å². The van der Waals surface area contributed by atoms with Crippen molar-refractivity contribution >= 4 is 29.2 Å². The van der Waals surface area contributed by atoms with Crippen molar-refractivity contribution in [2.24, 2.45) is 0 Å². The van der Waals surface area contributed by atoms with Crippen LogP contribution in [0.4, 0.5) is 61.5 Å². The fourth-order valence-electron chi connectivity index (χ4n) is 4.89. The van der Waals surface area contributed by atoms with Crippen LogP contribution in [0.5, 0.6) is 0 Å². The molecule has 0 bridgehead atoms. The first-order chi connectivity index (χ1) is 22.7. The van der Waals surface area contributed by atoms with E-state index in [2.05, 4.69) is 4.74 Å². The lowest BCUT2D eigenvalue weighted by molar-refractivity contribution is -0.429. The van der Waals surface area contributed by atoms with Gasteiger partial charge in [-0.1, -0.05) is 66.7 Å². The molecule has 3 rings (SSSR count). The third-order valence-electron chi connectivity index (χ3n) is 7.74. The summed E-state index contributed by atoms with van der Waals surface area (Å²) >= 11 is 0. The smallest absolute Gasteiger partial charge is 0.410 e. The minimum atomic E-state index is -8.31. The molecule has 3 aromatic carbocycles. The van der Waals surface area contributed by atoms with Gasteiger partial charge in [0, 0.05) is 16.2 Å². The van der Waals surface area contributed by atoms with Crippen molar-refractivity contribution in [3.8, 4) is 0 Å². The number of carbonyl (C=O) groups is 2. The van der Waals surface area contributed by atoms with E-state index in [9.17, 15) is 75.6 Å². The molecular formula is C31H23F14O4P. The normalized spacial score (nSPS) is 13.8. The zero-order valence-corrected chi connectivity index (χ0v) is 26.4. The van der Waals surface area contributed by atoms with Crippen LogP contribution in [-0.2, 0) is 20.7 Å². The van der Waals surface area contributed by atoms with Crippen molar-refractivity contribution in [3.63, 3.8) is 0 Å². The minimum Gasteiger partial charge on any atom is -0.456 e. The largest absolute Gasteiger partial charge is 0.456 e. The van der Waals surface area contributed by atoms with E-state index in [0.29, 0.717) is 0 Å². The first kappa shape index (κ1) is 40.5. The molecule has 50 heavy (non-hydrogen) atoms. The quantitative estimate of drug-likeness (QED) is 0.0994. The Bertz CT molecular complexity index is 1750. The highest BCUT2D eigenvalue weighted by molar-refractivity contribution is 7.93. The fourth-order valence-corrected chi connectivity index (χ4v) is 7.50. The maximum atomic E-state index is 14.6. The number of carbonyl (C=O) groups excluding carboxylic acids is 2. The van der Waals surface area contributed by atoms with E-state index in [1.54, 1.807) is 12.1 Å². The third kappa shape index (κ3) is 6.06. The number of benzene rings is 3. The summed E-state index contributed by atoms with van der Waals surface area (Å²) in [7, 11) is -4.26. The van der Waals surface area contributed by atoms with Gasteiger partial charge in [0.15, 0.2) is 0 Å².